The van der Waals surface area contributed by atoms with Crippen molar-refractivity contribution in [3.8, 4) is 22.3 Å². The fourth-order valence-electron chi connectivity index (χ4n) is 5.30. The first kappa shape index (κ1) is 32.8. The Bertz CT molecular complexity index is 2300. The number of carbonyl (C=O) groups is 2. The third-order valence-corrected chi connectivity index (χ3v) is 9.02. The van der Waals surface area contributed by atoms with Crippen LogP contribution in [-0.4, -0.2) is 46.4 Å². The van der Waals surface area contributed by atoms with Gasteiger partial charge in [-0.1, -0.05) is 30.3 Å². The van der Waals surface area contributed by atoms with Crippen molar-refractivity contribution in [2.24, 2.45) is 0 Å². The maximum atomic E-state index is 15.2. The van der Waals surface area contributed by atoms with Gasteiger partial charge in [-0.25, -0.2) is 27.0 Å². The predicted octanol–water partition coefficient (Wildman–Crippen LogP) is 6.00. The van der Waals surface area contributed by atoms with Gasteiger partial charge in [-0.2, -0.15) is 4.39 Å². The number of carbonyl (C=O) groups excluding carboxylic acids is 1. The molecule has 6 aromatic rings. The Morgan fingerprint density at radius 2 is 1.47 bits per heavy atom. The van der Waals surface area contributed by atoms with Crippen LogP contribution >= 0.6 is 0 Å². The van der Waals surface area contributed by atoms with E-state index in [1.165, 1.54) is 42.6 Å². The van der Waals surface area contributed by atoms with E-state index < -0.39 is 56.8 Å². The Labute approximate surface area is 277 Å². The monoisotopic (exact) mass is 683 g/mol. The molecule has 10 nitrogen and oxygen atoms in total. The number of pyridine rings is 3. The third kappa shape index (κ3) is 7.09. The van der Waals surface area contributed by atoms with Crippen molar-refractivity contribution in [2.75, 3.05) is 4.72 Å². The molecule has 0 bridgehead atoms. The fraction of sp³-hybridized carbons (Fsp3) is 0.0571. The molecule has 0 fully saturated rings. The number of aromatic nitrogens is 3. The molecule has 3 heterocycles. The molecule has 3 N–H and O–H groups in total. The minimum absolute atomic E-state index is 0.240. The number of halogens is 3. The number of nitrogens with zero attached hydrogens (tertiary/aromatic N) is 3. The number of sulfonamides is 1. The molecule has 0 radical (unpaired) electrons. The molecule has 14 heteroatoms. The molecule has 1 atom stereocenters. The van der Waals surface area contributed by atoms with Crippen LogP contribution in [0.2, 0.25) is 0 Å². The highest BCUT2D eigenvalue weighted by atomic mass is 32.2. The number of hydrogen-bond acceptors (Lipinski definition) is 7. The number of rotatable bonds is 10. The Balaban J connectivity index is 1.20. The molecule has 246 valence electrons. The van der Waals surface area contributed by atoms with Gasteiger partial charge in [0.25, 0.3) is 15.9 Å². The van der Waals surface area contributed by atoms with Crippen molar-refractivity contribution in [1.29, 1.82) is 0 Å². The number of carboxylic acids is 1. The zero-order chi connectivity index (χ0) is 34.7. The summed E-state index contributed by atoms with van der Waals surface area (Å²) in [7, 11) is -4.35. The van der Waals surface area contributed by atoms with E-state index in [1.807, 2.05) is 0 Å². The molecular formula is C35H24F3N5O5S. The smallest absolute Gasteiger partial charge is 0.326 e. The van der Waals surface area contributed by atoms with Crippen LogP contribution in [0.1, 0.15) is 15.9 Å². The standard InChI is InChI=1S/C35H24F3N5O5S/c36-28-18-24(43-49(47,48)25-6-3-20(4-7-25)22-11-15-40-31(38)17-22)19-29(37)32(28)34(44)42-30(35(45)46)16-23-5-8-27(21-9-13-39-14-10-21)33-26(23)2-1-12-41-33/h1-15,17-19,30,43H,16H2,(H,42,44)(H,45,46)/t30-/m0/s1. The number of aliphatic carboxylic acids is 1. The van der Waals surface area contributed by atoms with Crippen LogP contribution in [0.15, 0.2) is 115 Å². The lowest BCUT2D eigenvalue weighted by Gasteiger charge is -2.18. The first-order valence-corrected chi connectivity index (χ1v) is 16.0. The predicted molar refractivity (Wildman–Crippen MR) is 174 cm³/mol. The van der Waals surface area contributed by atoms with Gasteiger partial charge in [-0.3, -0.25) is 19.5 Å². The van der Waals surface area contributed by atoms with Crippen molar-refractivity contribution >= 4 is 38.5 Å². The van der Waals surface area contributed by atoms with Crippen LogP contribution in [0.3, 0.4) is 0 Å². The summed E-state index contributed by atoms with van der Waals surface area (Å²) in [5, 5.41) is 12.7. The first-order chi connectivity index (χ1) is 23.5. The topological polar surface area (TPSA) is 151 Å². The van der Waals surface area contributed by atoms with Gasteiger partial charge in [0.2, 0.25) is 5.95 Å². The van der Waals surface area contributed by atoms with E-state index in [0.29, 0.717) is 39.7 Å². The SMILES string of the molecule is O=C(N[C@@H](Cc1ccc(-c2ccncc2)c2ncccc12)C(=O)O)c1c(F)cc(NS(=O)(=O)c2ccc(-c3ccnc(F)c3)cc2)cc1F. The van der Waals surface area contributed by atoms with Crippen molar-refractivity contribution < 1.29 is 36.3 Å². The van der Waals surface area contributed by atoms with Gasteiger partial charge in [0.1, 0.15) is 23.2 Å². The van der Waals surface area contributed by atoms with Crippen molar-refractivity contribution in [1.82, 2.24) is 20.3 Å². The van der Waals surface area contributed by atoms with Crippen LogP contribution in [0.5, 0.6) is 0 Å². The molecule has 0 saturated carbocycles. The summed E-state index contributed by atoms with van der Waals surface area (Å²) < 4.78 is 71.8. The minimum atomic E-state index is -4.35. The Hall–Kier alpha value is -6.15. The van der Waals surface area contributed by atoms with E-state index in [-0.39, 0.29) is 11.3 Å². The Kier molecular flexibility index (Phi) is 9.05. The van der Waals surface area contributed by atoms with E-state index in [0.717, 1.165) is 11.1 Å². The van der Waals surface area contributed by atoms with Gasteiger partial charge in [0.15, 0.2) is 0 Å². The fourth-order valence-corrected chi connectivity index (χ4v) is 6.34. The van der Waals surface area contributed by atoms with Gasteiger partial charge in [0.05, 0.1) is 16.1 Å². The van der Waals surface area contributed by atoms with Crippen LogP contribution in [0, 0.1) is 17.6 Å². The van der Waals surface area contributed by atoms with Crippen molar-refractivity contribution in [3.05, 3.63) is 138 Å². The molecule has 0 aliphatic rings. The average molecular weight is 684 g/mol. The molecule has 3 aromatic heterocycles. The van der Waals surface area contributed by atoms with E-state index in [9.17, 15) is 27.5 Å². The number of hydrogen-bond donors (Lipinski definition) is 3. The summed E-state index contributed by atoms with van der Waals surface area (Å²) >= 11 is 0. The second-order valence-corrected chi connectivity index (χ2v) is 12.5. The number of amides is 1. The molecular weight excluding hydrogens is 659 g/mol. The highest BCUT2D eigenvalue weighted by Crippen LogP contribution is 2.30. The van der Waals surface area contributed by atoms with Gasteiger partial charge >= 0.3 is 5.97 Å². The molecule has 49 heavy (non-hydrogen) atoms. The van der Waals surface area contributed by atoms with Gasteiger partial charge in [-0.15, -0.1) is 0 Å². The number of carboxylic acid groups (broad SMARTS) is 1. The van der Waals surface area contributed by atoms with E-state index >= 15 is 8.78 Å². The summed E-state index contributed by atoms with van der Waals surface area (Å²) in [6.45, 7) is 0. The number of nitrogens with one attached hydrogen (secondary N) is 2. The lowest BCUT2D eigenvalue weighted by Crippen LogP contribution is -2.43. The highest BCUT2D eigenvalue weighted by molar-refractivity contribution is 7.92. The first-order valence-electron chi connectivity index (χ1n) is 14.5. The zero-order valence-corrected chi connectivity index (χ0v) is 26.0. The average Bonchev–Trinajstić information content (AvgIpc) is 3.08. The second-order valence-electron chi connectivity index (χ2n) is 10.8. The second kappa shape index (κ2) is 13.5. The van der Waals surface area contributed by atoms with Gasteiger partial charge in [0, 0.05) is 48.2 Å². The Morgan fingerprint density at radius 3 is 2.14 bits per heavy atom. The molecule has 0 unspecified atom stereocenters. The quantitative estimate of drug-likeness (QED) is 0.149. The maximum Gasteiger partial charge on any atom is 0.326 e. The summed E-state index contributed by atoms with van der Waals surface area (Å²) in [4.78, 5) is 36.9. The number of fused-ring (bicyclic) bond motifs is 1. The molecule has 0 aliphatic heterocycles. The lowest BCUT2D eigenvalue weighted by molar-refractivity contribution is -0.139. The lowest BCUT2D eigenvalue weighted by atomic mass is 9.95. The van der Waals surface area contributed by atoms with Crippen LogP contribution in [-0.2, 0) is 21.2 Å². The largest absolute Gasteiger partial charge is 0.480 e. The maximum absolute atomic E-state index is 15.2. The summed E-state index contributed by atoms with van der Waals surface area (Å²) in [6, 6.07) is 18.1. The summed E-state index contributed by atoms with van der Waals surface area (Å²) in [6.07, 6.45) is 5.86. The molecule has 6 rings (SSSR count). The number of benzene rings is 3. The van der Waals surface area contributed by atoms with Crippen LogP contribution in [0.25, 0.3) is 33.2 Å². The van der Waals surface area contributed by atoms with Crippen molar-refractivity contribution in [2.45, 2.75) is 17.4 Å². The summed E-state index contributed by atoms with van der Waals surface area (Å²) in [5.74, 6) is -6.37. The normalized spacial score (nSPS) is 12.0. The molecule has 0 spiro atoms. The molecule has 0 saturated heterocycles. The van der Waals surface area contributed by atoms with Crippen LogP contribution < -0.4 is 10.0 Å². The molecule has 0 aliphatic carbocycles. The third-order valence-electron chi connectivity index (χ3n) is 7.62. The highest BCUT2D eigenvalue weighted by Gasteiger charge is 2.27. The van der Waals surface area contributed by atoms with Crippen molar-refractivity contribution in [3.63, 3.8) is 0 Å². The Morgan fingerprint density at radius 1 is 0.776 bits per heavy atom. The number of anilines is 1. The van der Waals surface area contributed by atoms with E-state index in [4.69, 9.17) is 0 Å². The summed E-state index contributed by atoms with van der Waals surface area (Å²) in [5.41, 5.74) is 2.05. The van der Waals surface area contributed by atoms with Crippen LogP contribution in [0.4, 0.5) is 18.9 Å². The molecule has 1 amide bonds. The van der Waals surface area contributed by atoms with E-state index in [2.05, 4.69) is 25.0 Å². The molecule has 3 aromatic carbocycles. The van der Waals surface area contributed by atoms with Gasteiger partial charge < -0.3 is 10.4 Å². The van der Waals surface area contributed by atoms with Gasteiger partial charge in [-0.05, 0) is 70.8 Å². The zero-order valence-electron chi connectivity index (χ0n) is 25.1. The van der Waals surface area contributed by atoms with E-state index in [1.54, 1.807) is 55.0 Å². The minimum Gasteiger partial charge on any atom is -0.480 e.